The molecule has 0 fully saturated rings. The molecule has 0 aromatic carbocycles. The van der Waals surface area contributed by atoms with E-state index in [-0.39, 0.29) is 0 Å². The molecule has 9 nitrogen and oxygen atoms in total. The van der Waals surface area contributed by atoms with E-state index in [0.717, 1.165) is 6.92 Å². The Morgan fingerprint density at radius 2 is 1.31 bits per heavy atom. The summed E-state index contributed by atoms with van der Waals surface area (Å²) in [6.45, 7) is 1.08. The Kier molecular flexibility index (Phi) is 6.24. The van der Waals surface area contributed by atoms with Crippen LogP contribution < -0.4 is 8.32 Å². The summed E-state index contributed by atoms with van der Waals surface area (Å²) < 4.78 is 58.9. The number of hydrogen-bond acceptors (Lipinski definition) is 8. The van der Waals surface area contributed by atoms with Gasteiger partial charge in [-0.05, 0) is 0 Å². The zero-order valence-corrected chi connectivity index (χ0v) is 8.58. The van der Waals surface area contributed by atoms with Crippen LogP contribution >= 0.6 is 0 Å². The number of carbonyl (C=O) groups is 1. The maximum atomic E-state index is 9.38. The van der Waals surface area contributed by atoms with Crippen LogP contribution in [-0.2, 0) is 50.1 Å². The van der Waals surface area contributed by atoms with E-state index in [2.05, 4.69) is 2.84 Å². The second-order valence-corrected chi connectivity index (χ2v) is 5.04. The van der Waals surface area contributed by atoms with Crippen molar-refractivity contribution in [1.82, 2.24) is 0 Å². The summed E-state index contributed by atoms with van der Waals surface area (Å²) in [5, 5.41) is 7.42. The minimum atomic E-state index is -6.07. The van der Waals surface area contributed by atoms with E-state index in [1.807, 2.05) is 0 Å². The third-order valence-corrected chi connectivity index (χ3v) is 2.83. The van der Waals surface area contributed by atoms with Crippen LogP contribution in [0.5, 0.6) is 0 Å². The molecule has 13 heavy (non-hydrogen) atoms. The zero-order chi connectivity index (χ0) is 11.3. The van der Waals surface area contributed by atoms with Gasteiger partial charge in [-0.15, -0.1) is 0 Å². The van der Waals surface area contributed by atoms with Gasteiger partial charge in [-0.25, -0.2) is 0 Å². The van der Waals surface area contributed by atoms with Crippen molar-refractivity contribution in [1.29, 1.82) is 0 Å². The summed E-state index contributed by atoms with van der Waals surface area (Å²) in [6, 6.07) is 0. The molecule has 1 N–H and O–H groups in total. The van der Waals surface area contributed by atoms with Crippen LogP contribution in [0.3, 0.4) is 0 Å². The molecule has 0 unspecified atom stereocenters. The van der Waals surface area contributed by atoms with E-state index < -0.39 is 33.2 Å². The molecule has 0 bridgehead atoms. The van der Waals surface area contributed by atoms with Crippen LogP contribution in [0.15, 0.2) is 0 Å². The zero-order valence-electron chi connectivity index (χ0n) is 6.03. The van der Waals surface area contributed by atoms with Gasteiger partial charge in [-0.3, -0.25) is 4.79 Å². The molecule has 11 heteroatoms. The molecule has 0 aliphatic heterocycles. The number of rotatable bonds is 2. The summed E-state index contributed by atoms with van der Waals surface area (Å²) in [7, 11) is 0. The number of carboxylic acids is 1. The number of hydrogen-bond donors (Lipinski definition) is 1. The van der Waals surface area contributed by atoms with Crippen LogP contribution in [0.4, 0.5) is 0 Å². The van der Waals surface area contributed by atoms with E-state index in [1.54, 1.807) is 0 Å². The Balaban J connectivity index is 0. The molecule has 0 saturated heterocycles. The van der Waals surface area contributed by atoms with Gasteiger partial charge < -0.3 is 5.11 Å². The fraction of sp³-hybridized carbons (Fsp3) is 0.500. The Hall–Kier alpha value is -0.385. The van der Waals surface area contributed by atoms with Crippen molar-refractivity contribution in [3.8, 4) is 0 Å². The molecule has 0 heterocycles. The van der Waals surface area contributed by atoms with Crippen LogP contribution in [0.25, 0.3) is 0 Å². The van der Waals surface area contributed by atoms with Crippen molar-refractivity contribution in [2.45, 2.75) is 6.92 Å². The molecule has 80 valence electrons. The first kappa shape index (κ1) is 15.1. The van der Waals surface area contributed by atoms with Gasteiger partial charge >= 0.3 is 53.6 Å². The third-order valence-electron chi connectivity index (χ3n) is 0.167. The Labute approximate surface area is 76.7 Å². The molecule has 0 rings (SSSR count). The molecular formula is C2H4Cr2O9-2. The van der Waals surface area contributed by atoms with Crippen molar-refractivity contribution in [3.05, 3.63) is 0 Å². The van der Waals surface area contributed by atoms with Gasteiger partial charge in [0.15, 0.2) is 0 Å². The van der Waals surface area contributed by atoms with Crippen molar-refractivity contribution >= 4 is 5.97 Å². The fourth-order valence-corrected chi connectivity index (χ4v) is 1.74. The normalized spacial score (nSPS) is 11.3. The van der Waals surface area contributed by atoms with Gasteiger partial charge in [0.1, 0.15) is 0 Å². The van der Waals surface area contributed by atoms with Crippen molar-refractivity contribution in [2.75, 3.05) is 0 Å². The Morgan fingerprint density at radius 1 is 1.15 bits per heavy atom. The molecular weight excluding hydrogens is 272 g/mol. The maximum absolute atomic E-state index is 9.38. The quantitative estimate of drug-likeness (QED) is 0.559. The van der Waals surface area contributed by atoms with Gasteiger partial charge in [0.25, 0.3) is 5.97 Å². The van der Waals surface area contributed by atoms with E-state index in [4.69, 9.17) is 9.90 Å². The molecule has 0 amide bonds. The van der Waals surface area contributed by atoms with E-state index in [1.165, 1.54) is 0 Å². The SMILES string of the molecule is CC(=O)O.[O]=[Cr](=[O])([O-])[O][Cr](=[O])(=[O])[O-]. The molecule has 0 saturated carbocycles. The van der Waals surface area contributed by atoms with Crippen molar-refractivity contribution < 1.29 is 63.5 Å². The average molecular weight is 276 g/mol. The van der Waals surface area contributed by atoms with E-state index in [0.29, 0.717) is 0 Å². The number of carboxylic acid groups (broad SMARTS) is 1. The van der Waals surface area contributed by atoms with Crippen LogP contribution in [-0.4, -0.2) is 11.1 Å². The van der Waals surface area contributed by atoms with Gasteiger partial charge in [0, 0.05) is 6.92 Å². The van der Waals surface area contributed by atoms with Gasteiger partial charge in [0.05, 0.1) is 0 Å². The standard InChI is InChI=1S/C2H4O2.2Cr.7O/c1-2(3)4;;;;;;;;;/h1H3,(H,3,4);;;;;;;;;/q;;;;;;;;2*-1. The van der Waals surface area contributed by atoms with Gasteiger partial charge in [-0.1, -0.05) is 0 Å². The Morgan fingerprint density at radius 3 is 1.31 bits per heavy atom. The summed E-state index contributed by atoms with van der Waals surface area (Å²) in [4.78, 5) is 9.00. The van der Waals surface area contributed by atoms with Crippen molar-refractivity contribution in [3.63, 3.8) is 0 Å². The summed E-state index contributed by atoms with van der Waals surface area (Å²) >= 11 is -12.1. The Bertz CT molecular complexity index is 311. The first-order valence-corrected chi connectivity index (χ1v) is 6.43. The first-order valence-electron chi connectivity index (χ1n) is 2.26. The summed E-state index contributed by atoms with van der Waals surface area (Å²) in [5.41, 5.74) is 0. The molecule has 0 atom stereocenters. The molecule has 0 aliphatic carbocycles. The average Bonchev–Trinajstić information content (AvgIpc) is 1.47. The van der Waals surface area contributed by atoms with Crippen LogP contribution in [0.2, 0.25) is 0 Å². The second-order valence-electron chi connectivity index (χ2n) is 1.40. The third kappa shape index (κ3) is 34.1. The minimum absolute atomic E-state index is 0.833. The van der Waals surface area contributed by atoms with Crippen LogP contribution in [0, 0.1) is 0 Å². The van der Waals surface area contributed by atoms with Crippen molar-refractivity contribution in [2.24, 2.45) is 0 Å². The van der Waals surface area contributed by atoms with Gasteiger partial charge in [0.2, 0.25) is 0 Å². The monoisotopic (exact) mass is 276 g/mol. The first-order chi connectivity index (χ1) is 5.44. The van der Waals surface area contributed by atoms with E-state index >= 15 is 0 Å². The van der Waals surface area contributed by atoms with E-state index in [9.17, 15) is 23.5 Å². The second kappa shape index (κ2) is 5.37. The predicted octanol–water partition coefficient (Wildman–Crippen LogP) is -2.84. The summed E-state index contributed by atoms with van der Waals surface area (Å²) in [5.74, 6) is -0.833. The fourth-order valence-electron chi connectivity index (χ4n) is 0.102. The molecule has 0 spiro atoms. The summed E-state index contributed by atoms with van der Waals surface area (Å²) in [6.07, 6.45) is 0. The predicted molar refractivity (Wildman–Crippen MR) is 17.1 cm³/mol. The van der Waals surface area contributed by atoms with Crippen LogP contribution in [0.1, 0.15) is 6.92 Å². The molecule has 0 aromatic rings. The molecule has 0 aromatic heterocycles. The van der Waals surface area contributed by atoms with Gasteiger partial charge in [-0.2, -0.15) is 0 Å². The molecule has 0 radical (unpaired) electrons. The number of aliphatic carboxylic acids is 1. The topological polar surface area (TPSA) is 161 Å². The molecule has 0 aliphatic rings.